The van der Waals surface area contributed by atoms with Gasteiger partial charge in [-0.1, -0.05) is 0 Å². The number of hydrogen-bond acceptors (Lipinski definition) is 1. The molecule has 0 amide bonds. The van der Waals surface area contributed by atoms with Gasteiger partial charge in [-0.3, -0.25) is 0 Å². The van der Waals surface area contributed by atoms with Gasteiger partial charge in [0.05, 0.1) is 0 Å². The van der Waals surface area contributed by atoms with Crippen molar-refractivity contribution in [1.29, 1.82) is 0 Å². The van der Waals surface area contributed by atoms with Crippen LogP contribution in [0, 0.1) is 0 Å². The molecule has 20 heavy (non-hydrogen) atoms. The molecule has 0 heterocycles. The Bertz CT molecular complexity index is 374. The summed E-state index contributed by atoms with van der Waals surface area (Å²) in [5, 5.41) is 7.52. The molecule has 0 fully saturated rings. The van der Waals surface area contributed by atoms with Gasteiger partial charge in [0.25, 0.3) is 0 Å². The molecule has 0 aromatic rings. The van der Waals surface area contributed by atoms with E-state index in [1.54, 1.807) is 0 Å². The second-order valence-corrected chi connectivity index (χ2v) is 3.10. The summed E-state index contributed by atoms with van der Waals surface area (Å²) in [6, 6.07) is 0. The molecule has 2 nitrogen and oxygen atoms in total. The fourth-order valence-corrected chi connectivity index (χ4v) is 0.707. The van der Waals surface area contributed by atoms with Crippen LogP contribution in [-0.2, 0) is 4.79 Å². The van der Waals surface area contributed by atoms with Gasteiger partial charge >= 0.3 is 35.8 Å². The molecule has 14 heteroatoms. The van der Waals surface area contributed by atoms with E-state index in [-0.39, 0.29) is 29.6 Å². The van der Waals surface area contributed by atoms with Crippen LogP contribution >= 0.6 is 0 Å². The molecule has 0 saturated carbocycles. The van der Waals surface area contributed by atoms with Crippen LogP contribution in [0.25, 0.3) is 0 Å². The standard InChI is InChI=1S/C6HF11O2.Na/c7-2(8,1(18)19)3(9,10)4(11,12)5(13,14)6(15,16)17;/h(H,18,19);. The number of alkyl halides is 11. The molecule has 0 rings (SSSR count). The number of aliphatic carboxylic acids is 1. The number of halogens is 11. The van der Waals surface area contributed by atoms with Crippen molar-refractivity contribution < 1.29 is 58.2 Å². The Morgan fingerprint density at radius 1 is 0.650 bits per heavy atom. The van der Waals surface area contributed by atoms with Gasteiger partial charge in [0.2, 0.25) is 0 Å². The molecular formula is C6HF11NaO2. The zero-order chi connectivity index (χ0) is 16.1. The molecule has 115 valence electrons. The van der Waals surface area contributed by atoms with Gasteiger partial charge in [-0.05, 0) is 0 Å². The van der Waals surface area contributed by atoms with Gasteiger partial charge in [0, 0.05) is 29.6 Å². The molecule has 0 aromatic heterocycles. The Morgan fingerprint density at radius 3 is 1.15 bits per heavy atom. The number of rotatable bonds is 4. The molecule has 0 aliphatic carbocycles. The summed E-state index contributed by atoms with van der Waals surface area (Å²) < 4.78 is 133. The third-order valence-electron chi connectivity index (χ3n) is 1.81. The van der Waals surface area contributed by atoms with Crippen molar-refractivity contribution in [3.63, 3.8) is 0 Å². The minimum Gasteiger partial charge on any atom is -0.477 e. The minimum absolute atomic E-state index is 0. The van der Waals surface area contributed by atoms with E-state index < -0.39 is 35.8 Å². The monoisotopic (exact) mass is 337 g/mol. The number of carboxylic acids is 1. The SMILES string of the molecule is O=C(O)C(F)(F)C(F)(F)C(F)(F)C(F)(F)C(F)(F)F.[Na]. The first-order valence-corrected chi connectivity index (χ1v) is 3.76. The van der Waals surface area contributed by atoms with Gasteiger partial charge in [-0.2, -0.15) is 48.3 Å². The maximum Gasteiger partial charge on any atom is 0.460 e. The normalized spacial score (nSPS) is 14.8. The van der Waals surface area contributed by atoms with Crippen LogP contribution in [-0.4, -0.2) is 70.5 Å². The van der Waals surface area contributed by atoms with Crippen LogP contribution in [0.5, 0.6) is 0 Å². The van der Waals surface area contributed by atoms with Crippen molar-refractivity contribution in [3.05, 3.63) is 0 Å². The molecule has 0 bridgehead atoms. The van der Waals surface area contributed by atoms with Gasteiger partial charge < -0.3 is 5.11 Å². The molecule has 1 radical (unpaired) electrons. The van der Waals surface area contributed by atoms with E-state index in [2.05, 4.69) is 0 Å². The maximum absolute atomic E-state index is 12.4. The molecule has 1 N–H and O–H groups in total. The van der Waals surface area contributed by atoms with Crippen LogP contribution in [0.15, 0.2) is 0 Å². The Labute approximate surface area is 124 Å². The molecule has 0 unspecified atom stereocenters. The Kier molecular flexibility index (Phi) is 6.02. The smallest absolute Gasteiger partial charge is 0.460 e. The second kappa shape index (κ2) is 5.48. The van der Waals surface area contributed by atoms with Crippen molar-refractivity contribution >= 4 is 35.5 Å². The van der Waals surface area contributed by atoms with Crippen molar-refractivity contribution in [2.45, 2.75) is 29.9 Å². The first kappa shape index (κ1) is 22.0. The van der Waals surface area contributed by atoms with Gasteiger partial charge in [-0.15, -0.1) is 0 Å². The van der Waals surface area contributed by atoms with Crippen LogP contribution in [0.3, 0.4) is 0 Å². The summed E-state index contributed by atoms with van der Waals surface area (Å²) in [7, 11) is 0. The first-order chi connectivity index (χ1) is 7.94. The summed E-state index contributed by atoms with van der Waals surface area (Å²) in [5.41, 5.74) is 0. The average Bonchev–Trinajstić information content (AvgIpc) is 2.14. The van der Waals surface area contributed by atoms with Gasteiger partial charge in [-0.25, -0.2) is 4.79 Å². The Balaban J connectivity index is 0. The van der Waals surface area contributed by atoms with Crippen LogP contribution in [0.1, 0.15) is 0 Å². The summed E-state index contributed by atoms with van der Waals surface area (Å²) in [4.78, 5) is 9.60. The predicted octanol–water partition coefficient (Wildman–Crippen LogP) is 2.79. The fourth-order valence-electron chi connectivity index (χ4n) is 0.707. The average molecular weight is 337 g/mol. The van der Waals surface area contributed by atoms with Crippen LogP contribution in [0.4, 0.5) is 48.3 Å². The van der Waals surface area contributed by atoms with Crippen molar-refractivity contribution in [2.75, 3.05) is 0 Å². The fraction of sp³-hybridized carbons (Fsp3) is 0.833. The van der Waals surface area contributed by atoms with Crippen molar-refractivity contribution in [2.24, 2.45) is 0 Å². The number of carbonyl (C=O) groups is 1. The third-order valence-corrected chi connectivity index (χ3v) is 1.81. The van der Waals surface area contributed by atoms with Gasteiger partial charge in [0.15, 0.2) is 0 Å². The van der Waals surface area contributed by atoms with E-state index in [0.29, 0.717) is 0 Å². The Morgan fingerprint density at radius 2 is 0.950 bits per heavy atom. The van der Waals surface area contributed by atoms with Crippen molar-refractivity contribution in [3.8, 4) is 0 Å². The Hall–Kier alpha value is -0.300. The maximum atomic E-state index is 12.4. The summed E-state index contributed by atoms with van der Waals surface area (Å²) >= 11 is 0. The van der Waals surface area contributed by atoms with E-state index >= 15 is 0 Å². The molecule has 0 aliphatic rings. The zero-order valence-corrected chi connectivity index (χ0v) is 11.0. The largest absolute Gasteiger partial charge is 0.477 e. The summed E-state index contributed by atoms with van der Waals surface area (Å²) in [5.74, 6) is -33.6. The molecule has 0 aromatic carbocycles. The van der Waals surface area contributed by atoms with E-state index in [1.165, 1.54) is 0 Å². The molecule has 0 atom stereocenters. The predicted molar refractivity (Wildman–Crippen MR) is 39.2 cm³/mol. The topological polar surface area (TPSA) is 37.3 Å². The summed E-state index contributed by atoms with van der Waals surface area (Å²) in [6.07, 6.45) is -7.30. The molecular weight excluding hydrogens is 336 g/mol. The van der Waals surface area contributed by atoms with E-state index in [0.717, 1.165) is 0 Å². The first-order valence-electron chi connectivity index (χ1n) is 3.76. The summed E-state index contributed by atoms with van der Waals surface area (Å²) in [6.45, 7) is 0. The van der Waals surface area contributed by atoms with Crippen LogP contribution in [0.2, 0.25) is 0 Å². The second-order valence-electron chi connectivity index (χ2n) is 3.10. The quantitative estimate of drug-likeness (QED) is 0.633. The molecule has 0 aliphatic heterocycles. The molecule has 0 spiro atoms. The van der Waals surface area contributed by atoms with Crippen LogP contribution < -0.4 is 0 Å². The third kappa shape index (κ3) is 2.84. The minimum atomic E-state index is -7.68. The van der Waals surface area contributed by atoms with E-state index in [4.69, 9.17) is 5.11 Å². The van der Waals surface area contributed by atoms with E-state index in [9.17, 15) is 53.1 Å². The van der Waals surface area contributed by atoms with Crippen molar-refractivity contribution in [1.82, 2.24) is 0 Å². The molecule has 0 saturated heterocycles. The van der Waals surface area contributed by atoms with Gasteiger partial charge in [0.1, 0.15) is 0 Å². The number of carboxylic acid groups (broad SMARTS) is 1. The van der Waals surface area contributed by atoms with E-state index in [1.807, 2.05) is 0 Å². The number of hydrogen-bond donors (Lipinski definition) is 1. The zero-order valence-electron chi connectivity index (χ0n) is 9.01.